The third kappa shape index (κ3) is 3.92. The van der Waals surface area contributed by atoms with Crippen molar-refractivity contribution >= 4 is 33.9 Å². The number of nitrogens with zero attached hydrogens (tertiary/aromatic N) is 2. The van der Waals surface area contributed by atoms with Crippen LogP contribution in [0.4, 0.5) is 17.3 Å². The highest BCUT2D eigenvalue weighted by Crippen LogP contribution is 2.38. The average molecular weight is 449 g/mol. The lowest BCUT2D eigenvalue weighted by atomic mass is 9.84. The van der Waals surface area contributed by atoms with E-state index in [4.69, 9.17) is 0 Å². The van der Waals surface area contributed by atoms with Gasteiger partial charge in [0.05, 0.1) is 5.92 Å². The van der Waals surface area contributed by atoms with Gasteiger partial charge in [-0.05, 0) is 53.3 Å². The number of hydrogen-bond donors (Lipinski definition) is 2. The highest BCUT2D eigenvalue weighted by molar-refractivity contribution is 6.06. The largest absolute Gasteiger partial charge is 0.369 e. The molecule has 0 bridgehead atoms. The Morgan fingerprint density at radius 1 is 0.882 bits per heavy atom. The zero-order chi connectivity index (χ0) is 22.9. The van der Waals surface area contributed by atoms with Gasteiger partial charge in [-0.2, -0.15) is 0 Å². The van der Waals surface area contributed by atoms with Crippen LogP contribution in [0, 0.1) is 0 Å². The highest BCUT2D eigenvalue weighted by atomic mass is 16.1. The lowest BCUT2D eigenvalue weighted by Gasteiger charge is -2.22. The first-order valence-electron chi connectivity index (χ1n) is 12.2. The number of rotatable bonds is 5. The van der Waals surface area contributed by atoms with Gasteiger partial charge in [-0.15, -0.1) is 0 Å². The number of nitrogens with one attached hydrogen (secondary N) is 2. The van der Waals surface area contributed by atoms with E-state index in [0.717, 1.165) is 27.8 Å². The minimum absolute atomic E-state index is 0.0856. The Bertz CT molecular complexity index is 1340. The Kier molecular flexibility index (Phi) is 5.46. The van der Waals surface area contributed by atoms with E-state index in [1.165, 1.54) is 37.7 Å². The summed E-state index contributed by atoms with van der Waals surface area (Å²) in [6.45, 7) is 0.523. The van der Waals surface area contributed by atoms with Crippen LogP contribution in [0.1, 0.15) is 65.4 Å². The van der Waals surface area contributed by atoms with Gasteiger partial charge in [0.15, 0.2) is 5.78 Å². The minimum atomic E-state index is -0.332. The van der Waals surface area contributed by atoms with Crippen molar-refractivity contribution in [2.24, 2.45) is 0 Å². The smallest absolute Gasteiger partial charge is 0.172 e. The lowest BCUT2D eigenvalue weighted by Crippen LogP contribution is -2.16. The summed E-state index contributed by atoms with van der Waals surface area (Å²) in [5.74, 6) is 1.86. The summed E-state index contributed by atoms with van der Waals surface area (Å²) < 4.78 is 0. The molecule has 6 rings (SSSR count). The molecule has 2 aliphatic rings. The summed E-state index contributed by atoms with van der Waals surface area (Å²) >= 11 is 0. The maximum absolute atomic E-state index is 13.6. The normalized spacial score (nSPS) is 17.8. The monoisotopic (exact) mass is 448 g/mol. The van der Waals surface area contributed by atoms with Gasteiger partial charge in [-0.3, -0.25) is 4.79 Å². The second kappa shape index (κ2) is 8.90. The zero-order valence-electron chi connectivity index (χ0n) is 19.1. The Labute approximate surface area is 199 Å². The van der Waals surface area contributed by atoms with Gasteiger partial charge in [-0.25, -0.2) is 9.97 Å². The minimum Gasteiger partial charge on any atom is -0.369 e. The molecule has 170 valence electrons. The first kappa shape index (κ1) is 20.8. The maximum Gasteiger partial charge on any atom is 0.172 e. The summed E-state index contributed by atoms with van der Waals surface area (Å²) in [5.41, 5.74) is 3.95. The van der Waals surface area contributed by atoms with Crippen molar-refractivity contribution in [2.75, 3.05) is 17.2 Å². The Morgan fingerprint density at radius 3 is 2.50 bits per heavy atom. The first-order valence-corrected chi connectivity index (χ1v) is 12.2. The number of anilines is 3. The van der Waals surface area contributed by atoms with Gasteiger partial charge in [0.25, 0.3) is 0 Å². The molecule has 5 nitrogen and oxygen atoms in total. The fourth-order valence-corrected chi connectivity index (χ4v) is 5.45. The summed E-state index contributed by atoms with van der Waals surface area (Å²) in [6.07, 6.45) is 8.15. The average Bonchev–Trinajstić information content (AvgIpc) is 3.34. The fourth-order valence-electron chi connectivity index (χ4n) is 5.45. The number of ketones is 1. The van der Waals surface area contributed by atoms with Crippen LogP contribution < -0.4 is 10.6 Å². The third-order valence-corrected chi connectivity index (χ3v) is 7.31. The topological polar surface area (TPSA) is 66.9 Å². The van der Waals surface area contributed by atoms with E-state index in [1.807, 2.05) is 36.4 Å². The second-order valence-corrected chi connectivity index (χ2v) is 9.43. The third-order valence-electron chi connectivity index (χ3n) is 7.31. The molecule has 0 spiro atoms. The van der Waals surface area contributed by atoms with E-state index >= 15 is 0 Å². The van der Waals surface area contributed by atoms with Gasteiger partial charge in [-0.1, -0.05) is 67.8 Å². The van der Waals surface area contributed by atoms with Gasteiger partial charge in [0.2, 0.25) is 0 Å². The molecule has 5 heteroatoms. The molecule has 0 saturated heterocycles. The Morgan fingerprint density at radius 2 is 1.68 bits per heavy atom. The number of Topliss-reactive ketones (excluding diaryl/α,β-unsaturated/α-hetero) is 1. The molecule has 1 aliphatic heterocycles. The summed E-state index contributed by atoms with van der Waals surface area (Å²) in [4.78, 5) is 22.5. The first-order chi connectivity index (χ1) is 16.8. The van der Waals surface area contributed by atoms with E-state index in [-0.39, 0.29) is 11.7 Å². The molecular weight excluding hydrogens is 420 g/mol. The number of hydrogen-bond acceptors (Lipinski definition) is 5. The molecule has 2 heterocycles. The molecule has 1 aromatic heterocycles. The molecule has 0 radical (unpaired) electrons. The number of benzene rings is 3. The molecule has 4 aromatic rings. The fraction of sp³-hybridized carbons (Fsp3) is 0.276. The van der Waals surface area contributed by atoms with E-state index in [1.54, 1.807) is 6.33 Å². The van der Waals surface area contributed by atoms with Gasteiger partial charge >= 0.3 is 0 Å². The Hall–Kier alpha value is -3.73. The van der Waals surface area contributed by atoms with Crippen LogP contribution in [0.5, 0.6) is 0 Å². The lowest BCUT2D eigenvalue weighted by molar-refractivity contribution is 0.0966. The van der Waals surface area contributed by atoms with Gasteiger partial charge in [0, 0.05) is 23.4 Å². The van der Waals surface area contributed by atoms with Crippen LogP contribution in [-0.2, 0) is 0 Å². The van der Waals surface area contributed by atoms with Gasteiger partial charge < -0.3 is 10.6 Å². The zero-order valence-corrected chi connectivity index (χ0v) is 19.1. The van der Waals surface area contributed by atoms with Crippen molar-refractivity contribution in [3.8, 4) is 0 Å². The molecule has 2 N–H and O–H groups in total. The van der Waals surface area contributed by atoms with Crippen LogP contribution >= 0.6 is 0 Å². The standard InChI is InChI=1S/C29H28N4O/c34-27(23-11-10-20-8-4-5-9-22(20)16-23)25-17-30-28-26(25)29(32-18-31-28)33-24-14-12-21(13-15-24)19-6-2-1-3-7-19/h4-5,8-16,18-19,25H,1-3,6-7,17H2,(H2,30,31,32,33). The molecule has 1 atom stereocenters. The summed E-state index contributed by atoms with van der Waals surface area (Å²) in [5, 5.41) is 8.96. The number of carbonyl (C=O) groups is 1. The highest BCUT2D eigenvalue weighted by Gasteiger charge is 2.33. The van der Waals surface area contributed by atoms with Gasteiger partial charge in [0.1, 0.15) is 18.0 Å². The van der Waals surface area contributed by atoms with Crippen molar-refractivity contribution in [2.45, 2.75) is 43.9 Å². The quantitative estimate of drug-likeness (QED) is 0.328. The number of aromatic nitrogens is 2. The van der Waals surface area contributed by atoms with Crippen molar-refractivity contribution < 1.29 is 4.79 Å². The molecule has 1 aliphatic carbocycles. The molecule has 1 saturated carbocycles. The molecular formula is C29H28N4O. The number of fused-ring (bicyclic) bond motifs is 2. The molecule has 1 fully saturated rings. The maximum atomic E-state index is 13.6. The van der Waals surface area contributed by atoms with E-state index in [0.29, 0.717) is 23.8 Å². The molecule has 1 unspecified atom stereocenters. The van der Waals surface area contributed by atoms with Crippen molar-refractivity contribution in [1.82, 2.24) is 9.97 Å². The van der Waals surface area contributed by atoms with Crippen molar-refractivity contribution in [3.63, 3.8) is 0 Å². The molecule has 3 aromatic carbocycles. The van der Waals surface area contributed by atoms with Crippen LogP contribution in [0.25, 0.3) is 10.8 Å². The van der Waals surface area contributed by atoms with Crippen molar-refractivity contribution in [1.29, 1.82) is 0 Å². The SMILES string of the molecule is O=C(c1ccc2ccccc2c1)C1CNc2ncnc(Nc3ccc(C4CCCCC4)cc3)c21. The van der Waals surface area contributed by atoms with Crippen molar-refractivity contribution in [3.05, 3.63) is 89.7 Å². The van der Waals surface area contributed by atoms with Crippen LogP contribution in [0.15, 0.2) is 73.1 Å². The predicted molar refractivity (Wildman–Crippen MR) is 137 cm³/mol. The van der Waals surface area contributed by atoms with Crippen LogP contribution in [-0.4, -0.2) is 22.3 Å². The molecule has 0 amide bonds. The van der Waals surface area contributed by atoms with Crippen LogP contribution in [0.2, 0.25) is 0 Å². The Balaban J connectivity index is 1.26. The van der Waals surface area contributed by atoms with E-state index < -0.39 is 0 Å². The summed E-state index contributed by atoms with van der Waals surface area (Å²) in [6, 6.07) is 22.7. The number of carbonyl (C=O) groups excluding carboxylic acids is 1. The second-order valence-electron chi connectivity index (χ2n) is 9.43. The van der Waals surface area contributed by atoms with E-state index in [9.17, 15) is 4.79 Å². The van der Waals surface area contributed by atoms with Crippen LogP contribution in [0.3, 0.4) is 0 Å². The van der Waals surface area contributed by atoms with E-state index in [2.05, 4.69) is 50.9 Å². The predicted octanol–water partition coefficient (Wildman–Crippen LogP) is 6.81. The summed E-state index contributed by atoms with van der Waals surface area (Å²) in [7, 11) is 0. The molecule has 34 heavy (non-hydrogen) atoms.